The molecule has 0 bridgehead atoms. The Morgan fingerprint density at radius 3 is 1.52 bits per heavy atom. The number of para-hydroxylation sites is 1. The number of benzene rings is 1. The summed E-state index contributed by atoms with van der Waals surface area (Å²) in [5.41, 5.74) is 0. The van der Waals surface area contributed by atoms with E-state index < -0.39 is 0 Å². The average molecular weight is 354 g/mol. The highest BCUT2D eigenvalue weighted by Gasteiger charge is 1.94. The summed E-state index contributed by atoms with van der Waals surface area (Å²) in [6.07, 6.45) is 1.71. The molecule has 0 radical (unpaired) electrons. The summed E-state index contributed by atoms with van der Waals surface area (Å²) < 4.78 is 32.3. The van der Waals surface area contributed by atoms with Crippen molar-refractivity contribution in [2.24, 2.45) is 0 Å². The van der Waals surface area contributed by atoms with E-state index in [1.54, 1.807) is 6.08 Å². The van der Waals surface area contributed by atoms with Crippen molar-refractivity contribution in [3.63, 3.8) is 0 Å². The van der Waals surface area contributed by atoms with Gasteiger partial charge >= 0.3 is 0 Å². The van der Waals surface area contributed by atoms with Gasteiger partial charge in [0.2, 0.25) is 0 Å². The molecule has 6 heteroatoms. The van der Waals surface area contributed by atoms with E-state index in [9.17, 15) is 0 Å². The van der Waals surface area contributed by atoms with Crippen LogP contribution in [0.15, 0.2) is 43.0 Å². The minimum absolute atomic E-state index is 0.533. The normalized spacial score (nSPS) is 10.7. The predicted octanol–water partition coefficient (Wildman–Crippen LogP) is 2.33. The van der Waals surface area contributed by atoms with Gasteiger partial charge in [-0.3, -0.25) is 0 Å². The lowest BCUT2D eigenvalue weighted by Gasteiger charge is -2.08. The summed E-state index contributed by atoms with van der Waals surface area (Å²) in [7, 11) is 0. The van der Waals surface area contributed by atoms with E-state index in [1.807, 2.05) is 30.3 Å². The van der Waals surface area contributed by atoms with Crippen molar-refractivity contribution in [2.75, 3.05) is 72.7 Å². The van der Waals surface area contributed by atoms with Gasteiger partial charge in [0.05, 0.1) is 66.1 Å². The van der Waals surface area contributed by atoms with Crippen LogP contribution < -0.4 is 4.74 Å². The molecule has 0 fully saturated rings. The lowest BCUT2D eigenvalue weighted by molar-refractivity contribution is -0.0112. The molecule has 0 heterocycles. The second-order valence-electron chi connectivity index (χ2n) is 4.97. The first-order chi connectivity index (χ1) is 12.4. The molecule has 0 aliphatic rings. The third-order valence-electron chi connectivity index (χ3n) is 2.96. The van der Waals surface area contributed by atoms with E-state index in [1.165, 1.54) is 0 Å². The van der Waals surface area contributed by atoms with Gasteiger partial charge in [-0.25, -0.2) is 0 Å². The van der Waals surface area contributed by atoms with Crippen molar-refractivity contribution < 1.29 is 28.4 Å². The van der Waals surface area contributed by atoms with Crippen molar-refractivity contribution in [3.05, 3.63) is 43.0 Å². The van der Waals surface area contributed by atoms with Crippen LogP contribution in [0.2, 0.25) is 0 Å². The first kappa shape index (κ1) is 21.6. The Balaban J connectivity index is 1.70. The zero-order valence-corrected chi connectivity index (χ0v) is 14.9. The average Bonchev–Trinajstić information content (AvgIpc) is 2.65. The van der Waals surface area contributed by atoms with Crippen LogP contribution in [0.3, 0.4) is 0 Å². The van der Waals surface area contributed by atoms with Gasteiger partial charge in [-0.15, -0.1) is 6.58 Å². The summed E-state index contributed by atoms with van der Waals surface area (Å²) in [6, 6.07) is 9.68. The fourth-order valence-corrected chi connectivity index (χ4v) is 1.78. The Morgan fingerprint density at radius 1 is 0.600 bits per heavy atom. The second kappa shape index (κ2) is 17.4. The van der Waals surface area contributed by atoms with Gasteiger partial charge < -0.3 is 28.4 Å². The number of hydrogen-bond donors (Lipinski definition) is 0. The van der Waals surface area contributed by atoms with Crippen LogP contribution in [-0.2, 0) is 23.7 Å². The maximum absolute atomic E-state index is 5.52. The standard InChI is InChI=1S/C19H30O6/c1-2-8-20-9-10-21-11-12-22-13-14-23-15-16-24-17-18-25-19-6-4-3-5-7-19/h2-7H,1,8-18H2. The first-order valence-corrected chi connectivity index (χ1v) is 8.61. The van der Waals surface area contributed by atoms with Gasteiger partial charge in [-0.2, -0.15) is 0 Å². The van der Waals surface area contributed by atoms with Crippen LogP contribution in [0.25, 0.3) is 0 Å². The third kappa shape index (κ3) is 14.6. The van der Waals surface area contributed by atoms with E-state index in [0.29, 0.717) is 72.7 Å². The molecule has 0 atom stereocenters. The third-order valence-corrected chi connectivity index (χ3v) is 2.96. The van der Waals surface area contributed by atoms with Gasteiger partial charge in [0.25, 0.3) is 0 Å². The summed E-state index contributed by atoms with van der Waals surface area (Å²) >= 11 is 0. The van der Waals surface area contributed by atoms with Gasteiger partial charge in [-0.05, 0) is 12.1 Å². The fourth-order valence-electron chi connectivity index (χ4n) is 1.78. The van der Waals surface area contributed by atoms with Gasteiger partial charge in [-0.1, -0.05) is 24.3 Å². The molecular formula is C19H30O6. The molecule has 25 heavy (non-hydrogen) atoms. The highest BCUT2D eigenvalue weighted by atomic mass is 16.6. The lowest BCUT2D eigenvalue weighted by Crippen LogP contribution is -2.14. The Hall–Kier alpha value is -1.44. The molecule has 1 aromatic carbocycles. The lowest BCUT2D eigenvalue weighted by atomic mass is 10.3. The molecule has 142 valence electrons. The number of rotatable bonds is 18. The molecule has 0 aliphatic heterocycles. The maximum Gasteiger partial charge on any atom is 0.119 e. The predicted molar refractivity (Wildman–Crippen MR) is 96.2 cm³/mol. The van der Waals surface area contributed by atoms with E-state index in [2.05, 4.69) is 6.58 Å². The largest absolute Gasteiger partial charge is 0.491 e. The van der Waals surface area contributed by atoms with Crippen molar-refractivity contribution in [1.82, 2.24) is 0 Å². The Bertz CT molecular complexity index is 398. The van der Waals surface area contributed by atoms with Crippen LogP contribution in [0.4, 0.5) is 0 Å². The molecule has 0 N–H and O–H groups in total. The van der Waals surface area contributed by atoms with Crippen molar-refractivity contribution in [1.29, 1.82) is 0 Å². The monoisotopic (exact) mass is 354 g/mol. The molecule has 0 aliphatic carbocycles. The molecule has 0 aromatic heterocycles. The molecule has 1 rings (SSSR count). The van der Waals surface area contributed by atoms with Gasteiger partial charge in [0.15, 0.2) is 0 Å². The Labute approximate surface area is 150 Å². The number of hydrogen-bond acceptors (Lipinski definition) is 6. The molecule has 0 amide bonds. The minimum atomic E-state index is 0.533. The minimum Gasteiger partial charge on any atom is -0.491 e. The van der Waals surface area contributed by atoms with E-state index >= 15 is 0 Å². The van der Waals surface area contributed by atoms with Crippen LogP contribution in [0.1, 0.15) is 0 Å². The van der Waals surface area contributed by atoms with E-state index in [4.69, 9.17) is 28.4 Å². The van der Waals surface area contributed by atoms with Gasteiger partial charge in [0, 0.05) is 0 Å². The molecule has 0 saturated carbocycles. The molecular weight excluding hydrogens is 324 g/mol. The summed E-state index contributed by atoms with van der Waals surface area (Å²) in [5, 5.41) is 0. The topological polar surface area (TPSA) is 55.4 Å². The quantitative estimate of drug-likeness (QED) is 0.298. The van der Waals surface area contributed by atoms with Gasteiger partial charge in [0.1, 0.15) is 12.4 Å². The highest BCUT2D eigenvalue weighted by molar-refractivity contribution is 5.20. The van der Waals surface area contributed by atoms with Crippen molar-refractivity contribution >= 4 is 0 Å². The smallest absolute Gasteiger partial charge is 0.119 e. The fraction of sp³-hybridized carbons (Fsp3) is 0.579. The van der Waals surface area contributed by atoms with Crippen molar-refractivity contribution in [3.8, 4) is 5.75 Å². The van der Waals surface area contributed by atoms with Crippen LogP contribution in [0.5, 0.6) is 5.75 Å². The van der Waals surface area contributed by atoms with Crippen LogP contribution >= 0.6 is 0 Å². The number of ether oxygens (including phenoxy) is 6. The SMILES string of the molecule is C=CCOCCOCCOCCOCCOCCOc1ccccc1. The zero-order chi connectivity index (χ0) is 17.8. The molecule has 0 spiro atoms. The summed E-state index contributed by atoms with van der Waals surface area (Å²) in [5.74, 6) is 0.854. The zero-order valence-electron chi connectivity index (χ0n) is 14.9. The molecule has 1 aromatic rings. The van der Waals surface area contributed by atoms with Crippen molar-refractivity contribution in [2.45, 2.75) is 0 Å². The Morgan fingerprint density at radius 2 is 1.04 bits per heavy atom. The van der Waals surface area contributed by atoms with E-state index in [-0.39, 0.29) is 0 Å². The highest BCUT2D eigenvalue weighted by Crippen LogP contribution is 2.07. The second-order valence-corrected chi connectivity index (χ2v) is 4.97. The summed E-state index contributed by atoms with van der Waals surface area (Å²) in [4.78, 5) is 0. The molecule has 6 nitrogen and oxygen atoms in total. The Kier molecular flexibility index (Phi) is 15.0. The van der Waals surface area contributed by atoms with Crippen LogP contribution in [0, 0.1) is 0 Å². The molecule has 0 unspecified atom stereocenters. The van der Waals surface area contributed by atoms with E-state index in [0.717, 1.165) is 5.75 Å². The summed E-state index contributed by atoms with van der Waals surface area (Å²) in [6.45, 7) is 9.65. The maximum atomic E-state index is 5.52. The first-order valence-electron chi connectivity index (χ1n) is 8.61. The molecule has 0 saturated heterocycles. The van der Waals surface area contributed by atoms with Crippen LogP contribution in [-0.4, -0.2) is 72.7 Å².